The minimum atomic E-state index is -0.297. The number of amides is 1. The predicted molar refractivity (Wildman–Crippen MR) is 79.7 cm³/mol. The second-order valence-electron chi connectivity index (χ2n) is 5.84. The third-order valence-electron chi connectivity index (χ3n) is 3.57. The van der Waals surface area contributed by atoms with Crippen molar-refractivity contribution in [1.29, 1.82) is 0 Å². The lowest BCUT2D eigenvalue weighted by Gasteiger charge is -2.17. The molecule has 6 heteroatoms. The molecule has 6 nitrogen and oxygen atoms in total. The normalized spacial score (nSPS) is 16.3. The SMILES string of the molecule is CC(C)C(NC(=O)/C=C/c1ccco1)c1nc(C2CC2)no1. The van der Waals surface area contributed by atoms with Crippen LogP contribution in [-0.2, 0) is 4.79 Å². The van der Waals surface area contributed by atoms with Crippen molar-refractivity contribution < 1.29 is 13.7 Å². The first-order chi connectivity index (χ1) is 10.6. The quantitative estimate of drug-likeness (QED) is 0.829. The first kappa shape index (κ1) is 14.6. The van der Waals surface area contributed by atoms with Crippen LogP contribution in [0.5, 0.6) is 0 Å². The molecule has 1 aliphatic rings. The molecule has 1 saturated carbocycles. The summed E-state index contributed by atoms with van der Waals surface area (Å²) in [6, 6.07) is 3.25. The highest BCUT2D eigenvalue weighted by Crippen LogP contribution is 2.38. The van der Waals surface area contributed by atoms with E-state index in [4.69, 9.17) is 8.94 Å². The van der Waals surface area contributed by atoms with Gasteiger partial charge in [0.1, 0.15) is 11.8 Å². The highest BCUT2D eigenvalue weighted by molar-refractivity contribution is 5.91. The Morgan fingerprint density at radius 3 is 2.91 bits per heavy atom. The van der Waals surface area contributed by atoms with Gasteiger partial charge in [-0.15, -0.1) is 0 Å². The van der Waals surface area contributed by atoms with Crippen molar-refractivity contribution in [3.8, 4) is 0 Å². The van der Waals surface area contributed by atoms with Crippen molar-refractivity contribution in [1.82, 2.24) is 15.5 Å². The van der Waals surface area contributed by atoms with Crippen LogP contribution in [0.15, 0.2) is 33.4 Å². The average molecular weight is 301 g/mol. The Hall–Kier alpha value is -2.37. The fourth-order valence-electron chi connectivity index (χ4n) is 2.14. The zero-order valence-corrected chi connectivity index (χ0v) is 12.7. The summed E-state index contributed by atoms with van der Waals surface area (Å²) in [5.74, 6) is 2.21. The molecule has 0 radical (unpaired) electrons. The third kappa shape index (κ3) is 3.44. The molecule has 1 fully saturated rings. The third-order valence-corrected chi connectivity index (χ3v) is 3.57. The van der Waals surface area contributed by atoms with E-state index in [0.29, 0.717) is 17.6 Å². The van der Waals surface area contributed by atoms with Crippen LogP contribution in [0.4, 0.5) is 0 Å². The zero-order valence-electron chi connectivity index (χ0n) is 12.7. The molecule has 22 heavy (non-hydrogen) atoms. The largest absolute Gasteiger partial charge is 0.465 e. The molecule has 0 spiro atoms. The van der Waals surface area contributed by atoms with E-state index < -0.39 is 0 Å². The first-order valence-corrected chi connectivity index (χ1v) is 7.49. The number of nitrogens with one attached hydrogen (secondary N) is 1. The van der Waals surface area contributed by atoms with Crippen LogP contribution in [0.2, 0.25) is 0 Å². The number of hydrogen-bond acceptors (Lipinski definition) is 5. The van der Waals surface area contributed by atoms with Gasteiger partial charge in [0.05, 0.1) is 6.26 Å². The molecule has 116 valence electrons. The molecule has 2 aromatic rings. The van der Waals surface area contributed by atoms with Gasteiger partial charge >= 0.3 is 0 Å². The van der Waals surface area contributed by atoms with Crippen LogP contribution in [-0.4, -0.2) is 16.0 Å². The van der Waals surface area contributed by atoms with Gasteiger partial charge in [0.25, 0.3) is 0 Å². The minimum Gasteiger partial charge on any atom is -0.465 e. The van der Waals surface area contributed by atoms with Crippen molar-refractivity contribution in [3.63, 3.8) is 0 Å². The maximum absolute atomic E-state index is 12.1. The van der Waals surface area contributed by atoms with Crippen molar-refractivity contribution in [3.05, 3.63) is 41.9 Å². The molecule has 2 aromatic heterocycles. The molecule has 1 N–H and O–H groups in total. The molecule has 3 rings (SSSR count). The minimum absolute atomic E-state index is 0.147. The summed E-state index contributed by atoms with van der Waals surface area (Å²) >= 11 is 0. The summed E-state index contributed by atoms with van der Waals surface area (Å²) in [7, 11) is 0. The van der Waals surface area contributed by atoms with Gasteiger partial charge in [0.2, 0.25) is 11.8 Å². The van der Waals surface area contributed by atoms with Gasteiger partial charge in [-0.1, -0.05) is 19.0 Å². The van der Waals surface area contributed by atoms with Crippen LogP contribution >= 0.6 is 0 Å². The molecule has 2 heterocycles. The number of hydrogen-bond donors (Lipinski definition) is 1. The molecule has 1 amide bonds. The topological polar surface area (TPSA) is 81.2 Å². The van der Waals surface area contributed by atoms with Crippen molar-refractivity contribution >= 4 is 12.0 Å². The Bertz CT molecular complexity index is 654. The lowest BCUT2D eigenvalue weighted by Crippen LogP contribution is -2.30. The molecule has 1 atom stereocenters. The van der Waals surface area contributed by atoms with Crippen LogP contribution in [0.1, 0.15) is 56.1 Å². The van der Waals surface area contributed by atoms with Crippen molar-refractivity contribution in [2.24, 2.45) is 5.92 Å². The molecule has 1 aliphatic carbocycles. The summed E-state index contributed by atoms with van der Waals surface area (Å²) in [5, 5.41) is 6.91. The Labute approximate surface area is 128 Å². The molecule has 1 unspecified atom stereocenters. The van der Waals surface area contributed by atoms with Crippen molar-refractivity contribution in [2.45, 2.75) is 38.6 Å². The van der Waals surface area contributed by atoms with E-state index in [2.05, 4.69) is 15.5 Å². The molecule has 0 aromatic carbocycles. The predicted octanol–water partition coefficient (Wildman–Crippen LogP) is 3.07. The molecule has 0 saturated heterocycles. The standard InChI is InChI=1S/C16H19N3O3/c1-10(2)14(16-18-15(19-22-16)11-5-6-11)17-13(20)8-7-12-4-3-9-21-12/h3-4,7-11,14H,5-6H2,1-2H3,(H,17,20)/b8-7+. The van der Waals surface area contributed by atoms with E-state index in [1.165, 1.54) is 6.08 Å². The van der Waals surface area contributed by atoms with Crippen LogP contribution in [0, 0.1) is 5.92 Å². The summed E-state index contributed by atoms with van der Waals surface area (Å²) < 4.78 is 10.5. The summed E-state index contributed by atoms with van der Waals surface area (Å²) in [5.41, 5.74) is 0. The van der Waals surface area contributed by atoms with E-state index >= 15 is 0 Å². The second kappa shape index (κ2) is 6.17. The van der Waals surface area contributed by atoms with Crippen molar-refractivity contribution in [2.75, 3.05) is 0 Å². The van der Waals surface area contributed by atoms with Crippen LogP contribution in [0.25, 0.3) is 6.08 Å². The number of aromatic nitrogens is 2. The van der Waals surface area contributed by atoms with Gasteiger partial charge in [-0.05, 0) is 37.0 Å². The Morgan fingerprint density at radius 1 is 1.45 bits per heavy atom. The van der Waals surface area contributed by atoms with Gasteiger partial charge < -0.3 is 14.3 Å². The maximum atomic E-state index is 12.1. The number of rotatable bonds is 6. The fourth-order valence-corrected chi connectivity index (χ4v) is 2.14. The lowest BCUT2D eigenvalue weighted by atomic mass is 10.0. The number of furan rings is 1. The van der Waals surface area contributed by atoms with Gasteiger partial charge in [-0.25, -0.2) is 0 Å². The zero-order chi connectivity index (χ0) is 15.5. The highest BCUT2D eigenvalue weighted by Gasteiger charge is 2.31. The van der Waals surface area contributed by atoms with Gasteiger partial charge in [-0.3, -0.25) is 4.79 Å². The van der Waals surface area contributed by atoms with Gasteiger partial charge in [0.15, 0.2) is 5.82 Å². The van der Waals surface area contributed by atoms with E-state index in [0.717, 1.165) is 18.7 Å². The van der Waals surface area contributed by atoms with E-state index in [1.807, 2.05) is 13.8 Å². The van der Waals surface area contributed by atoms with Gasteiger partial charge in [-0.2, -0.15) is 4.98 Å². The summed E-state index contributed by atoms with van der Waals surface area (Å²) in [6.45, 7) is 4.00. The average Bonchev–Trinajstić information content (AvgIpc) is 3.02. The Kier molecular flexibility index (Phi) is 4.09. The fraction of sp³-hybridized carbons (Fsp3) is 0.438. The Balaban J connectivity index is 1.66. The molecule has 0 aliphatic heterocycles. The molecular formula is C16H19N3O3. The van der Waals surface area contributed by atoms with Crippen LogP contribution < -0.4 is 5.32 Å². The monoisotopic (exact) mass is 301 g/mol. The second-order valence-corrected chi connectivity index (χ2v) is 5.84. The van der Waals surface area contributed by atoms with E-state index in [9.17, 15) is 4.79 Å². The Morgan fingerprint density at radius 2 is 2.27 bits per heavy atom. The number of carbonyl (C=O) groups excluding carboxylic acids is 1. The lowest BCUT2D eigenvalue weighted by molar-refractivity contribution is -0.117. The first-order valence-electron chi connectivity index (χ1n) is 7.49. The number of carbonyl (C=O) groups is 1. The maximum Gasteiger partial charge on any atom is 0.249 e. The molecule has 0 bridgehead atoms. The van der Waals surface area contributed by atoms with Crippen LogP contribution in [0.3, 0.4) is 0 Å². The smallest absolute Gasteiger partial charge is 0.249 e. The van der Waals surface area contributed by atoms with E-state index in [1.54, 1.807) is 24.5 Å². The summed E-state index contributed by atoms with van der Waals surface area (Å²) in [6.07, 6.45) is 6.85. The number of nitrogens with zero attached hydrogens (tertiary/aromatic N) is 2. The highest BCUT2D eigenvalue weighted by atomic mass is 16.5. The van der Waals surface area contributed by atoms with Gasteiger partial charge in [0, 0.05) is 12.0 Å². The molecular weight excluding hydrogens is 282 g/mol. The van der Waals surface area contributed by atoms with E-state index in [-0.39, 0.29) is 17.9 Å². The summed E-state index contributed by atoms with van der Waals surface area (Å²) in [4.78, 5) is 16.5.